The smallest absolute Gasteiger partial charge is 0.321 e. The fourth-order valence-corrected chi connectivity index (χ4v) is 4.02. The molecule has 2 aromatic carbocycles. The SMILES string of the molecule is CCCCN(C(=O)Nc1ccc(C#N)c(C#N)c1)C1CCN(Cc2ccccc2)CC1. The van der Waals surface area contributed by atoms with Gasteiger partial charge in [0.15, 0.2) is 0 Å². The normalized spacial score (nSPS) is 14.4. The zero-order chi connectivity index (χ0) is 22.1. The van der Waals surface area contributed by atoms with Crippen LogP contribution in [0.1, 0.15) is 49.3 Å². The van der Waals surface area contributed by atoms with Gasteiger partial charge in [0.25, 0.3) is 0 Å². The van der Waals surface area contributed by atoms with E-state index in [2.05, 4.69) is 41.4 Å². The molecule has 0 unspecified atom stereocenters. The van der Waals surface area contributed by atoms with Gasteiger partial charge < -0.3 is 10.2 Å². The zero-order valence-electron chi connectivity index (χ0n) is 18.1. The molecule has 1 saturated heterocycles. The van der Waals surface area contributed by atoms with E-state index >= 15 is 0 Å². The highest BCUT2D eigenvalue weighted by atomic mass is 16.2. The van der Waals surface area contributed by atoms with E-state index < -0.39 is 0 Å². The molecule has 0 bridgehead atoms. The van der Waals surface area contributed by atoms with Crippen molar-refractivity contribution >= 4 is 11.7 Å². The van der Waals surface area contributed by atoms with E-state index in [1.807, 2.05) is 23.1 Å². The number of rotatable bonds is 7. The third kappa shape index (κ3) is 6.07. The molecular formula is C25H29N5O. The number of benzene rings is 2. The Bertz CT molecular complexity index is 952. The number of nitriles is 2. The highest BCUT2D eigenvalue weighted by molar-refractivity contribution is 5.90. The molecule has 0 atom stereocenters. The fraction of sp³-hybridized carbons (Fsp3) is 0.400. The van der Waals surface area contributed by atoms with Crippen molar-refractivity contribution in [2.45, 2.75) is 45.2 Å². The van der Waals surface area contributed by atoms with Crippen LogP contribution in [0.2, 0.25) is 0 Å². The summed E-state index contributed by atoms with van der Waals surface area (Å²) in [5.74, 6) is 0. The third-order valence-corrected chi connectivity index (χ3v) is 5.77. The summed E-state index contributed by atoms with van der Waals surface area (Å²) >= 11 is 0. The largest absolute Gasteiger partial charge is 0.322 e. The number of anilines is 1. The Balaban J connectivity index is 1.63. The molecule has 6 nitrogen and oxygen atoms in total. The first-order valence-corrected chi connectivity index (χ1v) is 10.9. The lowest BCUT2D eigenvalue weighted by Crippen LogP contribution is -2.49. The highest BCUT2D eigenvalue weighted by Crippen LogP contribution is 2.21. The van der Waals surface area contributed by atoms with Crippen LogP contribution in [0, 0.1) is 22.7 Å². The van der Waals surface area contributed by atoms with Crippen molar-refractivity contribution in [3.8, 4) is 12.1 Å². The summed E-state index contributed by atoms with van der Waals surface area (Å²) in [7, 11) is 0. The van der Waals surface area contributed by atoms with E-state index in [0.29, 0.717) is 17.8 Å². The lowest BCUT2D eigenvalue weighted by atomic mass is 10.0. The van der Waals surface area contributed by atoms with Crippen LogP contribution < -0.4 is 5.32 Å². The van der Waals surface area contributed by atoms with E-state index in [1.54, 1.807) is 18.2 Å². The number of nitrogens with one attached hydrogen (secondary N) is 1. The standard InChI is InChI=1S/C25H29N5O/c1-2-3-13-30(25(31)28-23-10-9-21(17-26)22(16-23)18-27)24-11-14-29(15-12-24)19-20-7-5-4-6-8-20/h4-10,16,24H,2-3,11-15,19H2,1H3,(H,28,31). The molecule has 2 aromatic rings. The Labute approximate surface area is 184 Å². The molecule has 0 aromatic heterocycles. The molecule has 3 rings (SSSR count). The summed E-state index contributed by atoms with van der Waals surface area (Å²) in [4.78, 5) is 17.5. The molecule has 0 aliphatic carbocycles. The average Bonchev–Trinajstić information content (AvgIpc) is 2.81. The van der Waals surface area contributed by atoms with Crippen LogP contribution in [-0.4, -0.2) is 41.5 Å². The van der Waals surface area contributed by atoms with E-state index in [0.717, 1.165) is 45.3 Å². The topological polar surface area (TPSA) is 83.2 Å². The Morgan fingerprint density at radius 2 is 1.81 bits per heavy atom. The molecule has 0 radical (unpaired) electrons. The summed E-state index contributed by atoms with van der Waals surface area (Å²) in [5, 5.41) is 21.3. The molecule has 0 spiro atoms. The van der Waals surface area contributed by atoms with Crippen molar-refractivity contribution in [3.05, 3.63) is 65.2 Å². The first kappa shape index (κ1) is 22.3. The summed E-state index contributed by atoms with van der Waals surface area (Å²) in [6, 6.07) is 19.4. The van der Waals surface area contributed by atoms with Gasteiger partial charge in [-0.3, -0.25) is 4.90 Å². The number of carbonyl (C=O) groups excluding carboxylic acids is 1. The summed E-state index contributed by atoms with van der Waals surface area (Å²) in [6.45, 7) is 5.71. The van der Waals surface area contributed by atoms with Crippen molar-refractivity contribution < 1.29 is 4.79 Å². The molecule has 31 heavy (non-hydrogen) atoms. The first-order chi connectivity index (χ1) is 15.1. The van der Waals surface area contributed by atoms with Crippen molar-refractivity contribution in [2.75, 3.05) is 25.0 Å². The number of carbonyl (C=O) groups is 1. The lowest BCUT2D eigenvalue weighted by Gasteiger charge is -2.38. The van der Waals surface area contributed by atoms with E-state index in [9.17, 15) is 10.1 Å². The summed E-state index contributed by atoms with van der Waals surface area (Å²) < 4.78 is 0. The third-order valence-electron chi connectivity index (χ3n) is 5.77. The molecule has 1 aliphatic heterocycles. The van der Waals surface area contributed by atoms with Gasteiger partial charge in [-0.05, 0) is 43.0 Å². The predicted octanol–water partition coefficient (Wildman–Crippen LogP) is 4.73. The maximum atomic E-state index is 13.1. The molecule has 1 fully saturated rings. The number of urea groups is 1. The summed E-state index contributed by atoms with van der Waals surface area (Å²) in [5.41, 5.74) is 2.45. The minimum Gasteiger partial charge on any atom is -0.321 e. The molecule has 0 saturated carbocycles. The Morgan fingerprint density at radius 3 is 2.45 bits per heavy atom. The number of unbranched alkanes of at least 4 members (excludes halogenated alkanes) is 1. The van der Waals surface area contributed by atoms with Gasteiger partial charge in [-0.25, -0.2) is 4.79 Å². The minimum atomic E-state index is -0.136. The Morgan fingerprint density at radius 1 is 1.10 bits per heavy atom. The summed E-state index contributed by atoms with van der Waals surface area (Å²) in [6.07, 6.45) is 3.86. The van der Waals surface area contributed by atoms with Crippen molar-refractivity contribution in [3.63, 3.8) is 0 Å². The number of piperidine rings is 1. The van der Waals surface area contributed by atoms with Gasteiger partial charge in [0, 0.05) is 37.9 Å². The van der Waals surface area contributed by atoms with Crippen molar-refractivity contribution in [1.82, 2.24) is 9.80 Å². The Hall–Kier alpha value is -3.35. The highest BCUT2D eigenvalue weighted by Gasteiger charge is 2.27. The van der Waals surface area contributed by atoms with Crippen LogP contribution in [0.25, 0.3) is 0 Å². The molecule has 2 amide bonds. The van der Waals surface area contributed by atoms with Crippen molar-refractivity contribution in [1.29, 1.82) is 10.5 Å². The average molecular weight is 416 g/mol. The second kappa shape index (κ2) is 11.2. The molecule has 1 N–H and O–H groups in total. The number of hydrogen-bond donors (Lipinski definition) is 1. The molecule has 160 valence electrons. The van der Waals surface area contributed by atoms with E-state index in [4.69, 9.17) is 5.26 Å². The maximum Gasteiger partial charge on any atom is 0.322 e. The van der Waals surface area contributed by atoms with E-state index in [-0.39, 0.29) is 17.6 Å². The van der Waals surface area contributed by atoms with Crippen LogP contribution in [0.4, 0.5) is 10.5 Å². The maximum absolute atomic E-state index is 13.1. The number of nitrogens with zero attached hydrogens (tertiary/aromatic N) is 4. The second-order valence-electron chi connectivity index (χ2n) is 7.95. The van der Waals surface area contributed by atoms with Gasteiger partial charge in [0.2, 0.25) is 0 Å². The predicted molar refractivity (Wildman–Crippen MR) is 121 cm³/mol. The number of amides is 2. The Kier molecular flexibility index (Phi) is 8.04. The lowest BCUT2D eigenvalue weighted by molar-refractivity contribution is 0.122. The van der Waals surface area contributed by atoms with Gasteiger partial charge in [-0.2, -0.15) is 10.5 Å². The van der Waals surface area contributed by atoms with Crippen molar-refractivity contribution in [2.24, 2.45) is 0 Å². The molecule has 1 heterocycles. The second-order valence-corrected chi connectivity index (χ2v) is 7.95. The zero-order valence-corrected chi connectivity index (χ0v) is 18.1. The van der Waals surface area contributed by atoms with E-state index in [1.165, 1.54) is 5.56 Å². The van der Waals surface area contributed by atoms with Gasteiger partial charge >= 0.3 is 6.03 Å². The van der Waals surface area contributed by atoms with Gasteiger partial charge in [-0.1, -0.05) is 43.7 Å². The first-order valence-electron chi connectivity index (χ1n) is 10.9. The quantitative estimate of drug-likeness (QED) is 0.709. The van der Waals surface area contributed by atoms with Gasteiger partial charge in [0.1, 0.15) is 12.1 Å². The van der Waals surface area contributed by atoms with Gasteiger partial charge in [0.05, 0.1) is 11.1 Å². The molecular weight excluding hydrogens is 386 g/mol. The van der Waals surface area contributed by atoms with Crippen LogP contribution in [-0.2, 0) is 6.54 Å². The van der Waals surface area contributed by atoms with Crippen LogP contribution >= 0.6 is 0 Å². The van der Waals surface area contributed by atoms with Gasteiger partial charge in [-0.15, -0.1) is 0 Å². The fourth-order valence-electron chi connectivity index (χ4n) is 4.02. The molecule has 1 aliphatic rings. The van der Waals surface area contributed by atoms with Crippen LogP contribution in [0.5, 0.6) is 0 Å². The number of likely N-dealkylation sites (tertiary alicyclic amines) is 1. The van der Waals surface area contributed by atoms with Crippen LogP contribution in [0.3, 0.4) is 0 Å². The minimum absolute atomic E-state index is 0.136. The number of hydrogen-bond acceptors (Lipinski definition) is 4. The van der Waals surface area contributed by atoms with Crippen LogP contribution in [0.15, 0.2) is 48.5 Å². The molecule has 6 heteroatoms. The monoisotopic (exact) mass is 415 g/mol.